The number of fused-ring (bicyclic) bond motifs is 1. The third-order valence-corrected chi connectivity index (χ3v) is 7.67. The predicted octanol–water partition coefficient (Wildman–Crippen LogP) is 10.7. The van der Waals surface area contributed by atoms with Crippen LogP contribution in [0.15, 0.2) is 132 Å². The van der Waals surface area contributed by atoms with Crippen LogP contribution in [0, 0.1) is 6.07 Å². The Morgan fingerprint density at radius 1 is 0.689 bits per heavy atom. The van der Waals surface area contributed by atoms with Gasteiger partial charge in [0.05, 0.1) is 11.2 Å². The van der Waals surface area contributed by atoms with Gasteiger partial charge in [0.15, 0.2) is 0 Å². The van der Waals surface area contributed by atoms with Gasteiger partial charge in [-0.05, 0) is 57.9 Å². The first-order valence-electron chi connectivity index (χ1n) is 14.6. The molecule has 0 aliphatic rings. The second-order valence-corrected chi connectivity index (χ2v) is 11.7. The number of nitrogens with zero attached hydrogens (tertiary/aromatic N) is 4. The minimum Gasteiger partial charge on any atom is -0.442 e. The Balaban J connectivity index is 0.00000357. The van der Waals surface area contributed by atoms with Gasteiger partial charge in [0, 0.05) is 11.8 Å². The summed E-state index contributed by atoms with van der Waals surface area (Å²) >= 11 is 0. The summed E-state index contributed by atoms with van der Waals surface area (Å²) in [5, 5.41) is 5.03. The van der Waals surface area contributed by atoms with Gasteiger partial charge >= 0.3 is 21.1 Å². The van der Waals surface area contributed by atoms with Gasteiger partial charge in [0.2, 0.25) is 5.89 Å². The van der Waals surface area contributed by atoms with E-state index in [0.29, 0.717) is 23.0 Å². The van der Waals surface area contributed by atoms with Gasteiger partial charge < -0.3 is 14.7 Å². The van der Waals surface area contributed by atoms with Crippen LogP contribution in [-0.2, 0) is 26.5 Å². The molecule has 0 amide bonds. The fraction of sp³-hybridized carbons (Fsp3) is 0.103. The second kappa shape index (κ2) is 12.6. The molecule has 0 atom stereocenters. The van der Waals surface area contributed by atoms with Gasteiger partial charge in [-0.2, -0.15) is 0 Å². The zero-order valence-corrected chi connectivity index (χ0v) is 27.4. The molecule has 222 valence electrons. The smallest absolute Gasteiger partial charge is 0.442 e. The van der Waals surface area contributed by atoms with Crippen molar-refractivity contribution in [2.45, 2.75) is 26.2 Å². The van der Waals surface area contributed by atoms with Crippen LogP contribution in [0.5, 0.6) is 0 Å². The molecule has 0 unspecified atom stereocenters. The molecule has 0 fully saturated rings. The SMILES string of the molecule is CC(C)(C)c1cc[c-]c(-c2cccc3oc(-c4ccccc4[N-]c4ncccc4-c4cc(-c5ccccc5)ccn4)nc23)c1.[Pt+2]. The number of para-hydroxylation sites is 2. The molecule has 5 nitrogen and oxygen atoms in total. The predicted molar refractivity (Wildman–Crippen MR) is 178 cm³/mol. The van der Waals surface area contributed by atoms with E-state index in [-0.39, 0.29) is 26.5 Å². The molecule has 0 N–H and O–H groups in total. The first-order valence-corrected chi connectivity index (χ1v) is 14.6. The number of oxazole rings is 1. The van der Waals surface area contributed by atoms with Crippen LogP contribution in [0.25, 0.3) is 61.4 Å². The Morgan fingerprint density at radius 3 is 2.31 bits per heavy atom. The summed E-state index contributed by atoms with van der Waals surface area (Å²) < 4.78 is 6.35. The minimum atomic E-state index is 0. The quantitative estimate of drug-likeness (QED) is 0.158. The van der Waals surface area contributed by atoms with E-state index in [1.54, 1.807) is 6.20 Å². The summed E-state index contributed by atoms with van der Waals surface area (Å²) in [5.74, 6) is 1.07. The molecule has 7 rings (SSSR count). The van der Waals surface area contributed by atoms with E-state index in [4.69, 9.17) is 14.7 Å². The summed E-state index contributed by atoms with van der Waals surface area (Å²) in [6, 6.07) is 41.8. The zero-order valence-electron chi connectivity index (χ0n) is 25.1. The van der Waals surface area contributed by atoms with E-state index in [9.17, 15) is 0 Å². The standard InChI is InChI=1S/C39H30N4O.Pt/c1-39(2,3)29-15-9-14-28(24-29)30-17-10-20-35-36(30)43-38(44-35)32-16-7-8-19-33(32)42-37-31(18-11-22-41-37)34-25-27(21-23-40-34)26-12-5-4-6-13-26;/h4-13,15-25H,1-3H3;/q-2;+2. The van der Waals surface area contributed by atoms with Crippen LogP contribution in [0.3, 0.4) is 0 Å². The van der Waals surface area contributed by atoms with Crippen molar-refractivity contribution in [1.29, 1.82) is 0 Å². The molecule has 0 spiro atoms. The van der Waals surface area contributed by atoms with E-state index in [0.717, 1.165) is 44.6 Å². The van der Waals surface area contributed by atoms with Gasteiger partial charge in [0.1, 0.15) is 5.58 Å². The second-order valence-electron chi connectivity index (χ2n) is 11.7. The largest absolute Gasteiger partial charge is 2.00 e. The average Bonchev–Trinajstić information content (AvgIpc) is 3.50. The van der Waals surface area contributed by atoms with Crippen LogP contribution >= 0.6 is 0 Å². The van der Waals surface area contributed by atoms with E-state index in [2.05, 4.69) is 73.2 Å². The van der Waals surface area contributed by atoms with E-state index >= 15 is 0 Å². The third kappa shape index (κ3) is 6.22. The minimum absolute atomic E-state index is 0. The van der Waals surface area contributed by atoms with Gasteiger partial charge in [-0.1, -0.05) is 105 Å². The van der Waals surface area contributed by atoms with Crippen molar-refractivity contribution in [2.75, 3.05) is 0 Å². The average molecular weight is 766 g/mol. The number of hydrogen-bond donors (Lipinski definition) is 0. The van der Waals surface area contributed by atoms with Crippen molar-refractivity contribution in [1.82, 2.24) is 15.0 Å². The van der Waals surface area contributed by atoms with Gasteiger partial charge in [-0.3, -0.25) is 4.98 Å². The fourth-order valence-electron chi connectivity index (χ4n) is 5.31. The van der Waals surface area contributed by atoms with E-state index in [1.165, 1.54) is 5.56 Å². The van der Waals surface area contributed by atoms with Crippen LogP contribution in [0.1, 0.15) is 26.3 Å². The first-order chi connectivity index (χ1) is 21.4. The molecular weight excluding hydrogens is 736 g/mol. The summed E-state index contributed by atoms with van der Waals surface area (Å²) in [5.41, 5.74) is 10.1. The summed E-state index contributed by atoms with van der Waals surface area (Å²) in [7, 11) is 0. The van der Waals surface area contributed by atoms with E-state index < -0.39 is 0 Å². The number of hydrogen-bond acceptors (Lipinski definition) is 4. The molecule has 0 bridgehead atoms. The van der Waals surface area contributed by atoms with Crippen molar-refractivity contribution < 1.29 is 25.5 Å². The molecule has 0 saturated heterocycles. The Bertz CT molecular complexity index is 2100. The summed E-state index contributed by atoms with van der Waals surface area (Å²) in [6.45, 7) is 6.64. The third-order valence-electron chi connectivity index (χ3n) is 7.67. The van der Waals surface area contributed by atoms with Gasteiger partial charge in [-0.15, -0.1) is 35.4 Å². The summed E-state index contributed by atoms with van der Waals surface area (Å²) in [4.78, 5) is 14.3. The topological polar surface area (TPSA) is 65.9 Å². The molecule has 0 saturated carbocycles. The molecule has 0 aliphatic carbocycles. The molecule has 7 aromatic rings. The molecule has 0 radical (unpaired) electrons. The monoisotopic (exact) mass is 765 g/mol. The number of rotatable bonds is 6. The maximum absolute atomic E-state index is 6.35. The zero-order chi connectivity index (χ0) is 30.1. The molecule has 0 aliphatic heterocycles. The van der Waals surface area contributed by atoms with E-state index in [1.807, 2.05) is 85.1 Å². The van der Waals surface area contributed by atoms with Crippen molar-refractivity contribution >= 4 is 22.6 Å². The summed E-state index contributed by atoms with van der Waals surface area (Å²) in [6.07, 6.45) is 3.58. The number of benzene rings is 4. The molecule has 6 heteroatoms. The van der Waals surface area contributed by atoms with Gasteiger partial charge in [-0.25, -0.2) is 4.98 Å². The number of aromatic nitrogens is 3. The number of pyridine rings is 2. The van der Waals surface area contributed by atoms with Crippen LogP contribution in [0.4, 0.5) is 11.5 Å². The molecule has 45 heavy (non-hydrogen) atoms. The van der Waals surface area contributed by atoms with Gasteiger partial charge in [0.25, 0.3) is 0 Å². The molecule has 3 heterocycles. The molecular formula is C39H30N4OPt. The maximum atomic E-state index is 6.35. The Hall–Kier alpha value is -4.86. The van der Waals surface area contributed by atoms with Crippen molar-refractivity contribution in [3.63, 3.8) is 0 Å². The van der Waals surface area contributed by atoms with Crippen molar-refractivity contribution in [3.05, 3.63) is 145 Å². The van der Waals surface area contributed by atoms with Crippen LogP contribution in [0.2, 0.25) is 0 Å². The Kier molecular flexibility index (Phi) is 8.47. The fourth-order valence-corrected chi connectivity index (χ4v) is 5.31. The normalized spacial score (nSPS) is 11.3. The van der Waals surface area contributed by atoms with Crippen LogP contribution < -0.4 is 0 Å². The van der Waals surface area contributed by atoms with Crippen LogP contribution in [-0.4, -0.2) is 15.0 Å². The van der Waals surface area contributed by atoms with Crippen molar-refractivity contribution in [2.24, 2.45) is 0 Å². The Morgan fingerprint density at radius 2 is 1.47 bits per heavy atom. The first kappa shape index (κ1) is 30.2. The molecule has 4 aromatic carbocycles. The maximum Gasteiger partial charge on any atom is 2.00 e. The van der Waals surface area contributed by atoms with Crippen molar-refractivity contribution in [3.8, 4) is 45.0 Å². The Labute approximate surface area is 277 Å². The molecule has 3 aromatic heterocycles.